The van der Waals surface area contributed by atoms with E-state index in [-0.39, 0.29) is 18.2 Å². The quantitative estimate of drug-likeness (QED) is 0.895. The van der Waals surface area contributed by atoms with Gasteiger partial charge in [-0.3, -0.25) is 0 Å². The minimum absolute atomic E-state index is 0.0238. The topological polar surface area (TPSA) is 68.8 Å². The van der Waals surface area contributed by atoms with Crippen LogP contribution >= 0.6 is 0 Å². The predicted octanol–water partition coefficient (Wildman–Crippen LogP) is 2.13. The zero-order chi connectivity index (χ0) is 17.1. The van der Waals surface area contributed by atoms with Crippen LogP contribution in [-0.2, 0) is 6.42 Å². The largest absolute Gasteiger partial charge is 0.488 e. The summed E-state index contributed by atoms with van der Waals surface area (Å²) in [6.45, 7) is 1.26. The van der Waals surface area contributed by atoms with Gasteiger partial charge in [-0.15, -0.1) is 0 Å². The van der Waals surface area contributed by atoms with Crippen LogP contribution in [0.3, 0.4) is 0 Å². The fraction of sp³-hybridized carbons (Fsp3) is 0.316. The van der Waals surface area contributed by atoms with Gasteiger partial charge in [0.15, 0.2) is 17.6 Å². The molecule has 2 aromatic carbocycles. The van der Waals surface area contributed by atoms with Crippen LogP contribution in [0, 0.1) is 0 Å². The molecule has 0 bridgehead atoms. The monoisotopic (exact) mass is 340 g/mol. The molecule has 0 saturated carbocycles. The van der Waals surface area contributed by atoms with E-state index in [1.807, 2.05) is 48.5 Å². The molecule has 2 aliphatic rings. The van der Waals surface area contributed by atoms with E-state index in [1.54, 1.807) is 0 Å². The van der Waals surface area contributed by atoms with Crippen LogP contribution in [0.5, 0.6) is 17.2 Å². The normalized spacial score (nSPS) is 20.3. The highest BCUT2D eigenvalue weighted by molar-refractivity contribution is 5.73. The zero-order valence-electron chi connectivity index (χ0n) is 13.7. The Kier molecular flexibility index (Phi) is 4.33. The molecule has 6 heteroatoms. The van der Waals surface area contributed by atoms with Crippen molar-refractivity contribution in [3.8, 4) is 17.2 Å². The third kappa shape index (κ3) is 3.63. The van der Waals surface area contributed by atoms with Crippen LogP contribution in [0.1, 0.15) is 5.56 Å². The van der Waals surface area contributed by atoms with Gasteiger partial charge in [-0.2, -0.15) is 0 Å². The van der Waals surface area contributed by atoms with Gasteiger partial charge in [0.25, 0.3) is 0 Å². The highest BCUT2D eigenvalue weighted by Gasteiger charge is 2.24. The lowest BCUT2D eigenvalue weighted by Crippen LogP contribution is -2.46. The highest BCUT2D eigenvalue weighted by Crippen LogP contribution is 2.30. The summed E-state index contributed by atoms with van der Waals surface area (Å²) >= 11 is 0. The lowest BCUT2D eigenvalue weighted by atomic mass is 10.1. The van der Waals surface area contributed by atoms with Crippen LogP contribution in [0.15, 0.2) is 48.5 Å². The van der Waals surface area contributed by atoms with Gasteiger partial charge in [0.1, 0.15) is 18.5 Å². The summed E-state index contributed by atoms with van der Waals surface area (Å²) in [5.41, 5.74) is 1.18. The van der Waals surface area contributed by atoms with Crippen molar-refractivity contribution in [2.45, 2.75) is 18.6 Å². The van der Waals surface area contributed by atoms with Crippen LogP contribution in [0.4, 0.5) is 4.79 Å². The number of carbonyl (C=O) groups is 1. The number of hydrogen-bond donors (Lipinski definition) is 2. The van der Waals surface area contributed by atoms with Crippen molar-refractivity contribution in [3.63, 3.8) is 0 Å². The van der Waals surface area contributed by atoms with E-state index in [9.17, 15) is 4.79 Å². The van der Waals surface area contributed by atoms with Crippen LogP contribution < -0.4 is 24.8 Å². The fourth-order valence-electron chi connectivity index (χ4n) is 3.01. The van der Waals surface area contributed by atoms with E-state index in [0.717, 1.165) is 17.9 Å². The third-order valence-electron chi connectivity index (χ3n) is 4.26. The van der Waals surface area contributed by atoms with Gasteiger partial charge in [-0.1, -0.05) is 30.3 Å². The zero-order valence-corrected chi connectivity index (χ0v) is 13.7. The summed E-state index contributed by atoms with van der Waals surface area (Å²) in [5.74, 6) is 2.35. The number of benzene rings is 2. The summed E-state index contributed by atoms with van der Waals surface area (Å²) in [4.78, 5) is 12.0. The lowest BCUT2D eigenvalue weighted by Gasteiger charge is -2.26. The maximum absolute atomic E-state index is 12.0. The first-order valence-corrected chi connectivity index (χ1v) is 8.42. The minimum atomic E-state index is -0.234. The molecule has 4 rings (SSSR count). The van der Waals surface area contributed by atoms with E-state index in [4.69, 9.17) is 14.2 Å². The van der Waals surface area contributed by atoms with Crippen molar-refractivity contribution in [3.05, 3.63) is 54.1 Å². The molecule has 0 radical (unpaired) electrons. The number of hydrogen-bond acceptors (Lipinski definition) is 4. The first-order chi connectivity index (χ1) is 12.3. The second-order valence-electron chi connectivity index (χ2n) is 6.14. The van der Waals surface area contributed by atoms with Crippen molar-refractivity contribution in [2.24, 2.45) is 0 Å². The van der Waals surface area contributed by atoms with Gasteiger partial charge >= 0.3 is 6.03 Å². The Balaban J connectivity index is 1.19. The molecule has 0 aromatic heterocycles. The molecule has 0 aliphatic carbocycles. The van der Waals surface area contributed by atoms with Crippen molar-refractivity contribution in [2.75, 3.05) is 19.7 Å². The summed E-state index contributed by atoms with van der Waals surface area (Å²) < 4.78 is 17.2. The van der Waals surface area contributed by atoms with Crippen molar-refractivity contribution in [1.29, 1.82) is 0 Å². The van der Waals surface area contributed by atoms with E-state index in [0.29, 0.717) is 25.4 Å². The van der Waals surface area contributed by atoms with Crippen molar-refractivity contribution in [1.82, 2.24) is 10.6 Å². The third-order valence-corrected chi connectivity index (χ3v) is 4.26. The first kappa shape index (κ1) is 15.6. The van der Waals surface area contributed by atoms with E-state index in [1.165, 1.54) is 5.56 Å². The summed E-state index contributed by atoms with van der Waals surface area (Å²) in [6, 6.07) is 15.2. The second kappa shape index (κ2) is 6.93. The number of rotatable bonds is 4. The molecule has 2 amide bonds. The maximum atomic E-state index is 12.0. The van der Waals surface area contributed by atoms with Crippen LogP contribution in [0.25, 0.3) is 0 Å². The maximum Gasteiger partial charge on any atom is 0.315 e. The standard InChI is InChI=1S/C19H20N2O4/c22-19(20-10-14-9-13-5-1-2-6-16(13)24-14)21-11-15-12-23-17-7-3-4-8-18(17)25-15/h1-8,14-15H,9-12H2,(H2,20,21,22)/t14-,15-/m0/s1. The molecule has 130 valence electrons. The van der Waals surface area contributed by atoms with E-state index < -0.39 is 0 Å². The Morgan fingerprint density at radius 3 is 2.32 bits per heavy atom. The minimum Gasteiger partial charge on any atom is -0.488 e. The Hall–Kier alpha value is -2.89. The highest BCUT2D eigenvalue weighted by atomic mass is 16.6. The molecule has 0 unspecified atom stereocenters. The lowest BCUT2D eigenvalue weighted by molar-refractivity contribution is 0.0917. The van der Waals surface area contributed by atoms with Gasteiger partial charge in [-0.05, 0) is 23.8 Å². The van der Waals surface area contributed by atoms with Gasteiger partial charge in [0.05, 0.1) is 13.1 Å². The Labute approximate surface area is 146 Å². The van der Waals surface area contributed by atoms with Crippen LogP contribution in [0.2, 0.25) is 0 Å². The smallest absolute Gasteiger partial charge is 0.315 e. The van der Waals surface area contributed by atoms with Crippen LogP contribution in [-0.4, -0.2) is 37.9 Å². The molecular weight excluding hydrogens is 320 g/mol. The number of para-hydroxylation sites is 3. The number of amides is 2. The number of ether oxygens (including phenoxy) is 3. The SMILES string of the molecule is O=C(NC[C@@H]1Cc2ccccc2O1)NC[C@H]1COc2ccccc2O1. The molecule has 2 atom stereocenters. The molecule has 6 nitrogen and oxygen atoms in total. The van der Waals surface area contributed by atoms with Gasteiger partial charge in [-0.25, -0.2) is 4.79 Å². The van der Waals surface area contributed by atoms with Crippen molar-refractivity contribution >= 4 is 6.03 Å². The fourth-order valence-corrected chi connectivity index (χ4v) is 3.01. The molecule has 2 N–H and O–H groups in total. The number of carbonyl (C=O) groups excluding carboxylic acids is 1. The summed E-state index contributed by atoms with van der Waals surface area (Å²) in [5, 5.41) is 5.66. The molecule has 2 aromatic rings. The number of urea groups is 1. The van der Waals surface area contributed by atoms with E-state index in [2.05, 4.69) is 10.6 Å². The van der Waals surface area contributed by atoms with Gasteiger partial charge in [0.2, 0.25) is 0 Å². The predicted molar refractivity (Wildman–Crippen MR) is 92.3 cm³/mol. The second-order valence-corrected chi connectivity index (χ2v) is 6.14. The molecule has 2 aliphatic heterocycles. The molecule has 2 heterocycles. The van der Waals surface area contributed by atoms with Gasteiger partial charge in [0, 0.05) is 6.42 Å². The number of fused-ring (bicyclic) bond motifs is 2. The molecule has 25 heavy (non-hydrogen) atoms. The number of nitrogens with one attached hydrogen (secondary N) is 2. The van der Waals surface area contributed by atoms with Crippen molar-refractivity contribution < 1.29 is 19.0 Å². The molecular formula is C19H20N2O4. The average molecular weight is 340 g/mol. The van der Waals surface area contributed by atoms with E-state index >= 15 is 0 Å². The Bertz CT molecular complexity index is 740. The average Bonchev–Trinajstić information content (AvgIpc) is 3.07. The summed E-state index contributed by atoms with van der Waals surface area (Å²) in [7, 11) is 0. The van der Waals surface area contributed by atoms with Gasteiger partial charge < -0.3 is 24.8 Å². The Morgan fingerprint density at radius 2 is 1.52 bits per heavy atom. The summed E-state index contributed by atoms with van der Waals surface area (Å²) in [6.07, 6.45) is 0.587. The molecule has 0 fully saturated rings. The molecule has 0 saturated heterocycles. The molecule has 0 spiro atoms. The first-order valence-electron chi connectivity index (χ1n) is 8.42. The Morgan fingerprint density at radius 1 is 0.880 bits per heavy atom.